The van der Waals surface area contributed by atoms with Gasteiger partial charge in [-0.05, 0) is 36.0 Å². The van der Waals surface area contributed by atoms with Gasteiger partial charge in [-0.3, -0.25) is 4.79 Å². The maximum atomic E-state index is 10.8. The fourth-order valence-electron chi connectivity index (χ4n) is 0.958. The zero-order chi connectivity index (χ0) is 7.84. The van der Waals surface area contributed by atoms with Gasteiger partial charge in [0.25, 0.3) is 5.24 Å². The Labute approximate surface area is 72.5 Å². The monoisotopic (exact) mass is 188 g/mol. The third kappa shape index (κ3) is 1.28. The average molecular weight is 189 g/mol. The molecular weight excluding hydrogens is 184 g/mol. The first-order valence-corrected chi connectivity index (χ1v) is 4.46. The zero-order valence-corrected chi connectivity index (χ0v) is 7.15. The highest BCUT2D eigenvalue weighted by Crippen LogP contribution is 2.41. The molecule has 58 valence electrons. The maximum absolute atomic E-state index is 10.8. The fraction of sp³-hybridized carbons (Fsp3) is 0.500. The summed E-state index contributed by atoms with van der Waals surface area (Å²) in [6.45, 7) is 0. The van der Waals surface area contributed by atoms with E-state index in [0.717, 1.165) is 30.1 Å². The Morgan fingerprint density at radius 3 is 2.91 bits per heavy atom. The van der Waals surface area contributed by atoms with Crippen molar-refractivity contribution < 1.29 is 4.79 Å². The Bertz CT molecular complexity index is 295. The normalized spacial score (nSPS) is 16.8. The quantitative estimate of drug-likeness (QED) is 0.665. The van der Waals surface area contributed by atoms with Gasteiger partial charge in [0.05, 0.1) is 5.69 Å². The highest BCUT2D eigenvalue weighted by Gasteiger charge is 2.30. The molecule has 1 aliphatic carbocycles. The standard InChI is InChI=1S/C6H5ClN2OS/c7-6(10)5-4(3-1-2-3)8-9-11-5/h3H,1-2H2. The van der Waals surface area contributed by atoms with Crippen molar-refractivity contribution in [3.63, 3.8) is 0 Å². The summed E-state index contributed by atoms with van der Waals surface area (Å²) in [4.78, 5) is 11.3. The molecule has 0 saturated heterocycles. The molecule has 0 radical (unpaired) electrons. The molecule has 1 fully saturated rings. The molecule has 0 aromatic carbocycles. The van der Waals surface area contributed by atoms with Gasteiger partial charge in [-0.15, -0.1) is 5.10 Å². The van der Waals surface area contributed by atoms with Gasteiger partial charge in [0, 0.05) is 5.92 Å². The van der Waals surface area contributed by atoms with Crippen LogP contribution in [0.2, 0.25) is 0 Å². The molecule has 5 heteroatoms. The molecule has 0 unspecified atom stereocenters. The minimum atomic E-state index is -0.429. The van der Waals surface area contributed by atoms with E-state index >= 15 is 0 Å². The molecule has 0 bridgehead atoms. The van der Waals surface area contributed by atoms with Crippen molar-refractivity contribution in [3.05, 3.63) is 10.6 Å². The first kappa shape index (κ1) is 7.18. The highest BCUT2D eigenvalue weighted by molar-refractivity contribution is 7.10. The van der Waals surface area contributed by atoms with Crippen molar-refractivity contribution >= 4 is 28.4 Å². The summed E-state index contributed by atoms with van der Waals surface area (Å²) < 4.78 is 3.69. The Kier molecular flexibility index (Phi) is 1.65. The van der Waals surface area contributed by atoms with Crippen LogP contribution in [-0.4, -0.2) is 14.8 Å². The Hall–Kier alpha value is -0.480. The Morgan fingerprint density at radius 1 is 1.64 bits per heavy atom. The van der Waals surface area contributed by atoms with Gasteiger partial charge in [0.2, 0.25) is 0 Å². The van der Waals surface area contributed by atoms with E-state index in [1.54, 1.807) is 0 Å². The van der Waals surface area contributed by atoms with Gasteiger partial charge in [0.15, 0.2) is 0 Å². The van der Waals surface area contributed by atoms with Crippen LogP contribution >= 0.6 is 23.1 Å². The highest BCUT2D eigenvalue weighted by atomic mass is 35.5. The van der Waals surface area contributed by atoms with Crippen LogP contribution in [0.15, 0.2) is 0 Å². The van der Waals surface area contributed by atoms with Crippen molar-refractivity contribution in [2.75, 3.05) is 0 Å². The second-order valence-corrected chi connectivity index (χ2v) is 3.63. The molecule has 1 saturated carbocycles. The van der Waals surface area contributed by atoms with Crippen LogP contribution in [-0.2, 0) is 0 Å². The summed E-state index contributed by atoms with van der Waals surface area (Å²) in [5, 5.41) is 3.43. The molecule has 1 aromatic heterocycles. The van der Waals surface area contributed by atoms with Gasteiger partial charge < -0.3 is 0 Å². The SMILES string of the molecule is O=C(Cl)c1snnc1C1CC1. The summed E-state index contributed by atoms with van der Waals surface area (Å²) in [6, 6.07) is 0. The lowest BCUT2D eigenvalue weighted by atomic mass is 10.3. The molecule has 0 amide bonds. The topological polar surface area (TPSA) is 42.9 Å². The predicted octanol–water partition coefficient (Wildman–Crippen LogP) is 1.79. The van der Waals surface area contributed by atoms with E-state index in [0.29, 0.717) is 10.8 Å². The van der Waals surface area contributed by atoms with E-state index in [1.807, 2.05) is 0 Å². The van der Waals surface area contributed by atoms with Crippen molar-refractivity contribution in [3.8, 4) is 0 Å². The van der Waals surface area contributed by atoms with Crippen LogP contribution in [0.1, 0.15) is 34.1 Å². The number of carbonyl (C=O) groups is 1. The molecule has 0 atom stereocenters. The van der Waals surface area contributed by atoms with Crippen molar-refractivity contribution in [1.82, 2.24) is 9.59 Å². The maximum Gasteiger partial charge on any atom is 0.265 e. The predicted molar refractivity (Wildman–Crippen MR) is 42.1 cm³/mol. The summed E-state index contributed by atoms with van der Waals surface area (Å²) in [6.07, 6.45) is 2.23. The molecule has 3 nitrogen and oxygen atoms in total. The first-order valence-electron chi connectivity index (χ1n) is 3.31. The number of hydrogen-bond donors (Lipinski definition) is 0. The van der Waals surface area contributed by atoms with Gasteiger partial charge in [0.1, 0.15) is 4.88 Å². The molecule has 0 N–H and O–H groups in total. The van der Waals surface area contributed by atoms with Crippen molar-refractivity contribution in [1.29, 1.82) is 0 Å². The van der Waals surface area contributed by atoms with E-state index in [4.69, 9.17) is 11.6 Å². The second-order valence-electron chi connectivity index (χ2n) is 2.54. The van der Waals surface area contributed by atoms with Crippen LogP contribution in [0, 0.1) is 0 Å². The second kappa shape index (κ2) is 2.53. The lowest BCUT2D eigenvalue weighted by molar-refractivity contribution is 0.108. The van der Waals surface area contributed by atoms with E-state index in [2.05, 4.69) is 9.59 Å². The van der Waals surface area contributed by atoms with Gasteiger partial charge >= 0.3 is 0 Å². The molecule has 1 aliphatic rings. The van der Waals surface area contributed by atoms with Crippen LogP contribution in [0.3, 0.4) is 0 Å². The number of aromatic nitrogens is 2. The smallest absolute Gasteiger partial charge is 0.265 e. The summed E-state index contributed by atoms with van der Waals surface area (Å²) in [5.74, 6) is 0.450. The number of hydrogen-bond acceptors (Lipinski definition) is 4. The van der Waals surface area contributed by atoms with Crippen LogP contribution in [0.25, 0.3) is 0 Å². The third-order valence-corrected chi connectivity index (χ3v) is 2.70. The molecule has 1 aromatic rings. The zero-order valence-electron chi connectivity index (χ0n) is 5.58. The average Bonchev–Trinajstić information content (AvgIpc) is 2.68. The Morgan fingerprint density at radius 2 is 2.36 bits per heavy atom. The van der Waals surface area contributed by atoms with E-state index in [9.17, 15) is 4.79 Å². The third-order valence-electron chi connectivity index (χ3n) is 1.66. The number of carbonyl (C=O) groups excluding carboxylic acids is 1. The summed E-state index contributed by atoms with van der Waals surface area (Å²) >= 11 is 6.40. The number of rotatable bonds is 2. The lowest BCUT2D eigenvalue weighted by Gasteiger charge is -1.88. The molecule has 0 aliphatic heterocycles. The molecule has 1 heterocycles. The van der Waals surface area contributed by atoms with Crippen LogP contribution in [0.4, 0.5) is 0 Å². The van der Waals surface area contributed by atoms with Gasteiger partial charge in [-0.25, -0.2) is 0 Å². The minimum Gasteiger partial charge on any atom is -0.275 e. The van der Waals surface area contributed by atoms with E-state index in [-0.39, 0.29) is 0 Å². The summed E-state index contributed by atoms with van der Waals surface area (Å²) in [5.41, 5.74) is 0.801. The van der Waals surface area contributed by atoms with E-state index in [1.165, 1.54) is 0 Å². The minimum absolute atomic E-state index is 0.429. The van der Waals surface area contributed by atoms with Crippen LogP contribution in [0.5, 0.6) is 0 Å². The summed E-state index contributed by atoms with van der Waals surface area (Å²) in [7, 11) is 0. The molecule has 11 heavy (non-hydrogen) atoms. The fourth-order valence-corrected chi connectivity index (χ4v) is 1.74. The lowest BCUT2D eigenvalue weighted by Crippen LogP contribution is -1.90. The molecular formula is C6H5ClN2OS. The first-order chi connectivity index (χ1) is 5.29. The molecule has 2 rings (SSSR count). The van der Waals surface area contributed by atoms with Gasteiger partial charge in [-0.1, -0.05) is 4.49 Å². The van der Waals surface area contributed by atoms with E-state index < -0.39 is 5.24 Å². The number of halogens is 1. The van der Waals surface area contributed by atoms with Gasteiger partial charge in [-0.2, -0.15) is 0 Å². The van der Waals surface area contributed by atoms with Crippen molar-refractivity contribution in [2.24, 2.45) is 0 Å². The number of nitrogens with zero attached hydrogens (tertiary/aromatic N) is 2. The van der Waals surface area contributed by atoms with Crippen LogP contribution < -0.4 is 0 Å². The molecule has 0 spiro atoms. The Balaban J connectivity index is 2.37. The van der Waals surface area contributed by atoms with Crippen molar-refractivity contribution in [2.45, 2.75) is 18.8 Å². The largest absolute Gasteiger partial charge is 0.275 e.